The normalized spacial score (nSPS) is 10.4. The average molecular weight is 270 g/mol. The van der Waals surface area contributed by atoms with Crippen LogP contribution < -0.4 is 11.5 Å². The fraction of sp³-hybridized carbons (Fsp3) is 0.333. The smallest absolute Gasteiger partial charge is 0.254 e. The van der Waals surface area contributed by atoms with Gasteiger partial charge in [-0.15, -0.1) is 0 Å². The molecular weight excluding hydrogens is 254 g/mol. The third kappa shape index (κ3) is 3.37. The highest BCUT2D eigenvalue weighted by molar-refractivity contribution is 6.33. The number of amides is 2. The van der Waals surface area contributed by atoms with Gasteiger partial charge in [0, 0.05) is 11.6 Å². The first-order chi connectivity index (χ1) is 8.32. The van der Waals surface area contributed by atoms with Crippen molar-refractivity contribution in [2.45, 2.75) is 19.9 Å². The molecule has 0 saturated carbocycles. The molecule has 0 aromatic heterocycles. The van der Waals surface area contributed by atoms with Gasteiger partial charge in [0.05, 0.1) is 17.3 Å². The number of halogens is 1. The molecule has 0 aliphatic carbocycles. The highest BCUT2D eigenvalue weighted by Gasteiger charge is 2.20. The standard InChI is InChI=1S/C12H16ClN3O2/c1-7(2)16(6-11(15)17)12(18)8-3-4-9(13)10(14)5-8/h3-5,7H,6,14H2,1-2H3,(H2,15,17). The van der Waals surface area contributed by atoms with Crippen LogP contribution in [-0.4, -0.2) is 29.3 Å². The van der Waals surface area contributed by atoms with E-state index in [4.69, 9.17) is 23.1 Å². The molecule has 0 atom stereocenters. The Labute approximate surface area is 111 Å². The largest absolute Gasteiger partial charge is 0.398 e. The second-order valence-electron chi connectivity index (χ2n) is 4.23. The Morgan fingerprint density at radius 3 is 2.44 bits per heavy atom. The van der Waals surface area contributed by atoms with E-state index in [1.54, 1.807) is 26.0 Å². The molecule has 1 aromatic rings. The zero-order valence-corrected chi connectivity index (χ0v) is 11.1. The van der Waals surface area contributed by atoms with Gasteiger partial charge < -0.3 is 16.4 Å². The van der Waals surface area contributed by atoms with Crippen molar-refractivity contribution in [3.8, 4) is 0 Å². The van der Waals surface area contributed by atoms with Crippen LogP contribution in [0, 0.1) is 0 Å². The van der Waals surface area contributed by atoms with Crippen LogP contribution in [-0.2, 0) is 4.79 Å². The Morgan fingerprint density at radius 2 is 2.00 bits per heavy atom. The molecule has 1 rings (SSSR count). The van der Waals surface area contributed by atoms with Gasteiger partial charge >= 0.3 is 0 Å². The summed E-state index contributed by atoms with van der Waals surface area (Å²) in [6, 6.07) is 4.47. The molecule has 0 spiro atoms. The van der Waals surface area contributed by atoms with Gasteiger partial charge in [0.25, 0.3) is 5.91 Å². The molecule has 0 bridgehead atoms. The fourth-order valence-corrected chi connectivity index (χ4v) is 1.62. The van der Waals surface area contributed by atoms with Gasteiger partial charge in [-0.3, -0.25) is 9.59 Å². The number of benzene rings is 1. The first kappa shape index (κ1) is 14.3. The lowest BCUT2D eigenvalue weighted by Gasteiger charge is -2.25. The summed E-state index contributed by atoms with van der Waals surface area (Å²) in [5, 5.41) is 0.387. The zero-order valence-electron chi connectivity index (χ0n) is 10.3. The van der Waals surface area contributed by atoms with Crippen LogP contribution in [0.3, 0.4) is 0 Å². The van der Waals surface area contributed by atoms with E-state index in [9.17, 15) is 9.59 Å². The number of carbonyl (C=O) groups excluding carboxylic acids is 2. The summed E-state index contributed by atoms with van der Waals surface area (Å²) in [7, 11) is 0. The third-order valence-corrected chi connectivity index (χ3v) is 2.80. The van der Waals surface area contributed by atoms with Crippen molar-refractivity contribution in [2.75, 3.05) is 12.3 Å². The molecule has 0 saturated heterocycles. The Hall–Kier alpha value is -1.75. The molecule has 4 N–H and O–H groups in total. The summed E-state index contributed by atoms with van der Waals surface area (Å²) in [5.74, 6) is -0.855. The predicted octanol–water partition coefficient (Wildman–Crippen LogP) is 1.26. The Balaban J connectivity index is 3.02. The molecule has 6 heteroatoms. The molecule has 0 radical (unpaired) electrons. The first-order valence-electron chi connectivity index (χ1n) is 5.47. The van der Waals surface area contributed by atoms with E-state index in [-0.39, 0.29) is 18.5 Å². The minimum Gasteiger partial charge on any atom is -0.398 e. The molecule has 0 aliphatic rings. The maximum Gasteiger partial charge on any atom is 0.254 e. The highest BCUT2D eigenvalue weighted by Crippen LogP contribution is 2.20. The summed E-state index contributed by atoms with van der Waals surface area (Å²) in [5.41, 5.74) is 11.5. The van der Waals surface area contributed by atoms with Crippen molar-refractivity contribution in [2.24, 2.45) is 5.73 Å². The molecule has 0 unspecified atom stereocenters. The summed E-state index contributed by atoms with van der Waals surface area (Å²) < 4.78 is 0. The van der Waals surface area contributed by atoms with Gasteiger partial charge in [0.15, 0.2) is 0 Å². The van der Waals surface area contributed by atoms with E-state index >= 15 is 0 Å². The number of hydrogen-bond donors (Lipinski definition) is 2. The number of carbonyl (C=O) groups is 2. The minimum absolute atomic E-state index is 0.126. The van der Waals surface area contributed by atoms with Crippen molar-refractivity contribution in [3.05, 3.63) is 28.8 Å². The number of primary amides is 1. The van der Waals surface area contributed by atoms with Crippen LogP contribution >= 0.6 is 11.6 Å². The van der Waals surface area contributed by atoms with E-state index < -0.39 is 5.91 Å². The van der Waals surface area contributed by atoms with E-state index in [2.05, 4.69) is 0 Å². The van der Waals surface area contributed by atoms with Crippen LogP contribution in [0.25, 0.3) is 0 Å². The van der Waals surface area contributed by atoms with Gasteiger partial charge in [-0.1, -0.05) is 11.6 Å². The van der Waals surface area contributed by atoms with Gasteiger partial charge in [0.1, 0.15) is 0 Å². The zero-order chi connectivity index (χ0) is 13.9. The molecule has 98 valence electrons. The Kier molecular flexibility index (Phi) is 4.55. The van der Waals surface area contributed by atoms with Crippen LogP contribution in [0.5, 0.6) is 0 Å². The van der Waals surface area contributed by atoms with Crippen molar-refractivity contribution < 1.29 is 9.59 Å². The maximum atomic E-state index is 12.2. The number of rotatable bonds is 4. The minimum atomic E-state index is -0.556. The predicted molar refractivity (Wildman–Crippen MR) is 71.2 cm³/mol. The van der Waals surface area contributed by atoms with Gasteiger partial charge in [-0.2, -0.15) is 0 Å². The quantitative estimate of drug-likeness (QED) is 0.807. The lowest BCUT2D eigenvalue weighted by atomic mass is 10.1. The topological polar surface area (TPSA) is 89.4 Å². The molecule has 5 nitrogen and oxygen atoms in total. The van der Waals surface area contributed by atoms with Crippen molar-refractivity contribution in [3.63, 3.8) is 0 Å². The number of nitrogens with zero attached hydrogens (tertiary/aromatic N) is 1. The van der Waals surface area contributed by atoms with E-state index in [1.807, 2.05) is 0 Å². The second-order valence-corrected chi connectivity index (χ2v) is 4.64. The van der Waals surface area contributed by atoms with Gasteiger partial charge in [0.2, 0.25) is 5.91 Å². The second kappa shape index (κ2) is 5.73. The van der Waals surface area contributed by atoms with Crippen LogP contribution in [0.1, 0.15) is 24.2 Å². The molecule has 0 aliphatic heterocycles. The maximum absolute atomic E-state index is 12.2. The van der Waals surface area contributed by atoms with E-state index in [1.165, 1.54) is 11.0 Å². The molecular formula is C12H16ClN3O2. The number of nitrogen functional groups attached to an aromatic ring is 1. The fourth-order valence-electron chi connectivity index (χ4n) is 1.50. The van der Waals surface area contributed by atoms with Gasteiger partial charge in [-0.05, 0) is 32.0 Å². The highest BCUT2D eigenvalue weighted by atomic mass is 35.5. The number of anilines is 1. The van der Waals surface area contributed by atoms with E-state index in [0.717, 1.165) is 0 Å². The lowest BCUT2D eigenvalue weighted by Crippen LogP contribution is -2.42. The molecule has 18 heavy (non-hydrogen) atoms. The van der Waals surface area contributed by atoms with Crippen molar-refractivity contribution >= 4 is 29.1 Å². The number of nitrogens with two attached hydrogens (primary N) is 2. The van der Waals surface area contributed by atoms with Crippen LogP contribution in [0.2, 0.25) is 5.02 Å². The lowest BCUT2D eigenvalue weighted by molar-refractivity contribution is -0.119. The average Bonchev–Trinajstić information content (AvgIpc) is 2.28. The van der Waals surface area contributed by atoms with E-state index in [0.29, 0.717) is 16.3 Å². The molecule has 0 fully saturated rings. The third-order valence-electron chi connectivity index (χ3n) is 2.45. The summed E-state index contributed by atoms with van der Waals surface area (Å²) in [6.07, 6.45) is 0. The van der Waals surface area contributed by atoms with Crippen LogP contribution in [0.15, 0.2) is 18.2 Å². The van der Waals surface area contributed by atoms with Crippen molar-refractivity contribution in [1.82, 2.24) is 4.90 Å². The Morgan fingerprint density at radius 1 is 1.39 bits per heavy atom. The summed E-state index contributed by atoms with van der Waals surface area (Å²) >= 11 is 5.79. The summed E-state index contributed by atoms with van der Waals surface area (Å²) in [4.78, 5) is 24.5. The number of hydrogen-bond acceptors (Lipinski definition) is 3. The first-order valence-corrected chi connectivity index (χ1v) is 5.85. The Bertz CT molecular complexity index is 474. The SMILES string of the molecule is CC(C)N(CC(N)=O)C(=O)c1ccc(Cl)c(N)c1. The molecule has 0 heterocycles. The van der Waals surface area contributed by atoms with Crippen LogP contribution in [0.4, 0.5) is 5.69 Å². The summed E-state index contributed by atoms with van der Waals surface area (Å²) in [6.45, 7) is 3.49. The molecule has 2 amide bonds. The monoisotopic (exact) mass is 269 g/mol. The van der Waals surface area contributed by atoms with Gasteiger partial charge in [-0.25, -0.2) is 0 Å². The van der Waals surface area contributed by atoms with Crippen molar-refractivity contribution in [1.29, 1.82) is 0 Å². The molecule has 1 aromatic carbocycles.